The first-order chi connectivity index (χ1) is 7.33. The zero-order valence-corrected chi connectivity index (χ0v) is 8.30. The van der Waals surface area contributed by atoms with E-state index in [4.69, 9.17) is 5.73 Å². The lowest BCUT2D eigenvalue weighted by Gasteiger charge is -2.37. The van der Waals surface area contributed by atoms with Crippen LogP contribution in [0, 0.1) is 0 Å². The number of benzene rings is 1. The highest BCUT2D eigenvalue weighted by atomic mass is 15.3. The molecular formula is C11H12N4. The molecule has 2 aromatic rings. The van der Waals surface area contributed by atoms with E-state index < -0.39 is 0 Å². The van der Waals surface area contributed by atoms with Crippen molar-refractivity contribution in [2.75, 3.05) is 18.0 Å². The Morgan fingerprint density at radius 3 is 2.67 bits per heavy atom. The van der Waals surface area contributed by atoms with Gasteiger partial charge in [0.05, 0.1) is 17.2 Å². The lowest BCUT2D eigenvalue weighted by atomic mass is 10.1. The van der Waals surface area contributed by atoms with Gasteiger partial charge in [-0.1, -0.05) is 12.1 Å². The summed E-state index contributed by atoms with van der Waals surface area (Å²) in [7, 11) is 0. The molecule has 1 aromatic heterocycles. The van der Waals surface area contributed by atoms with E-state index in [1.54, 1.807) is 0 Å². The molecule has 2 heterocycles. The molecule has 0 unspecified atom stereocenters. The van der Waals surface area contributed by atoms with E-state index in [0.717, 1.165) is 29.9 Å². The van der Waals surface area contributed by atoms with Crippen molar-refractivity contribution in [3.05, 3.63) is 30.5 Å². The van der Waals surface area contributed by atoms with E-state index in [1.807, 2.05) is 30.5 Å². The van der Waals surface area contributed by atoms with Crippen molar-refractivity contribution in [2.45, 2.75) is 6.04 Å². The second-order valence-electron chi connectivity index (χ2n) is 3.88. The topological polar surface area (TPSA) is 55.0 Å². The van der Waals surface area contributed by atoms with Gasteiger partial charge < -0.3 is 10.6 Å². The van der Waals surface area contributed by atoms with Crippen LogP contribution in [0.2, 0.25) is 0 Å². The van der Waals surface area contributed by atoms with Crippen LogP contribution in [0.15, 0.2) is 30.5 Å². The molecule has 0 radical (unpaired) electrons. The van der Waals surface area contributed by atoms with Crippen LogP contribution < -0.4 is 10.6 Å². The van der Waals surface area contributed by atoms with Gasteiger partial charge in [-0.2, -0.15) is 0 Å². The number of nitrogens with zero attached hydrogens (tertiary/aromatic N) is 3. The molecule has 4 nitrogen and oxygen atoms in total. The number of anilines is 1. The van der Waals surface area contributed by atoms with Crippen molar-refractivity contribution in [1.29, 1.82) is 0 Å². The highest BCUT2D eigenvalue weighted by molar-refractivity contribution is 5.75. The van der Waals surface area contributed by atoms with Crippen LogP contribution in [-0.4, -0.2) is 29.1 Å². The first kappa shape index (κ1) is 8.61. The highest BCUT2D eigenvalue weighted by Gasteiger charge is 2.24. The van der Waals surface area contributed by atoms with Crippen LogP contribution >= 0.6 is 0 Å². The van der Waals surface area contributed by atoms with Gasteiger partial charge in [0.1, 0.15) is 5.82 Å². The third kappa shape index (κ3) is 1.43. The van der Waals surface area contributed by atoms with E-state index >= 15 is 0 Å². The van der Waals surface area contributed by atoms with Gasteiger partial charge in [0.25, 0.3) is 0 Å². The maximum atomic E-state index is 5.73. The average Bonchev–Trinajstić information content (AvgIpc) is 2.24. The number of rotatable bonds is 1. The zero-order chi connectivity index (χ0) is 10.3. The summed E-state index contributed by atoms with van der Waals surface area (Å²) in [6, 6.07) is 8.18. The first-order valence-electron chi connectivity index (χ1n) is 5.05. The Kier molecular flexibility index (Phi) is 1.82. The molecule has 2 N–H and O–H groups in total. The van der Waals surface area contributed by atoms with Gasteiger partial charge in [-0.15, -0.1) is 0 Å². The fraction of sp³-hybridized carbons (Fsp3) is 0.273. The number of para-hydroxylation sites is 2. The van der Waals surface area contributed by atoms with Crippen molar-refractivity contribution in [2.24, 2.45) is 5.73 Å². The fourth-order valence-corrected chi connectivity index (χ4v) is 1.80. The Bertz CT molecular complexity index is 491. The van der Waals surface area contributed by atoms with Gasteiger partial charge in [0, 0.05) is 19.1 Å². The number of fused-ring (bicyclic) bond motifs is 1. The monoisotopic (exact) mass is 200 g/mol. The van der Waals surface area contributed by atoms with Crippen molar-refractivity contribution in [3.8, 4) is 0 Å². The van der Waals surface area contributed by atoms with E-state index in [9.17, 15) is 0 Å². The van der Waals surface area contributed by atoms with Gasteiger partial charge in [-0.3, -0.25) is 4.98 Å². The molecular weight excluding hydrogens is 188 g/mol. The van der Waals surface area contributed by atoms with Crippen LogP contribution in [0.1, 0.15) is 0 Å². The van der Waals surface area contributed by atoms with E-state index in [2.05, 4.69) is 14.9 Å². The van der Waals surface area contributed by atoms with Crippen LogP contribution in [0.25, 0.3) is 11.0 Å². The lowest BCUT2D eigenvalue weighted by molar-refractivity contribution is 0.514. The second kappa shape index (κ2) is 3.17. The summed E-state index contributed by atoms with van der Waals surface area (Å²) in [5.41, 5.74) is 7.61. The standard InChI is InChI=1S/C11H12N4/c12-8-6-15(7-8)11-5-13-9-3-1-2-4-10(9)14-11/h1-5,8H,6-7,12H2. The molecule has 1 saturated heterocycles. The van der Waals surface area contributed by atoms with Crippen LogP contribution in [0.3, 0.4) is 0 Å². The van der Waals surface area contributed by atoms with Crippen molar-refractivity contribution in [1.82, 2.24) is 9.97 Å². The number of hydrogen-bond donors (Lipinski definition) is 1. The molecule has 0 aliphatic carbocycles. The maximum Gasteiger partial charge on any atom is 0.147 e. The maximum absolute atomic E-state index is 5.73. The molecule has 0 bridgehead atoms. The molecule has 0 spiro atoms. The largest absolute Gasteiger partial charge is 0.352 e. The quantitative estimate of drug-likeness (QED) is 0.739. The molecule has 4 heteroatoms. The molecule has 1 fully saturated rings. The summed E-state index contributed by atoms with van der Waals surface area (Å²) >= 11 is 0. The first-order valence-corrected chi connectivity index (χ1v) is 5.05. The molecule has 1 aromatic carbocycles. The molecule has 1 aliphatic rings. The highest BCUT2D eigenvalue weighted by Crippen LogP contribution is 2.19. The predicted octanol–water partition coefficient (Wildman–Crippen LogP) is 0.777. The molecule has 0 amide bonds. The Morgan fingerprint density at radius 2 is 1.93 bits per heavy atom. The minimum Gasteiger partial charge on any atom is -0.352 e. The predicted molar refractivity (Wildman–Crippen MR) is 59.7 cm³/mol. The summed E-state index contributed by atoms with van der Waals surface area (Å²) in [4.78, 5) is 11.0. The van der Waals surface area contributed by atoms with Gasteiger partial charge >= 0.3 is 0 Å². The Labute approximate surface area is 87.7 Å². The minimum absolute atomic E-state index is 0.290. The smallest absolute Gasteiger partial charge is 0.147 e. The third-order valence-electron chi connectivity index (χ3n) is 2.67. The van der Waals surface area contributed by atoms with Crippen molar-refractivity contribution in [3.63, 3.8) is 0 Å². The van der Waals surface area contributed by atoms with E-state index in [-0.39, 0.29) is 0 Å². The Balaban J connectivity index is 1.99. The van der Waals surface area contributed by atoms with Crippen LogP contribution in [0.4, 0.5) is 5.82 Å². The normalized spacial score (nSPS) is 16.7. The molecule has 3 rings (SSSR count). The van der Waals surface area contributed by atoms with Crippen LogP contribution in [-0.2, 0) is 0 Å². The Morgan fingerprint density at radius 1 is 1.20 bits per heavy atom. The number of hydrogen-bond acceptors (Lipinski definition) is 4. The zero-order valence-electron chi connectivity index (χ0n) is 8.30. The molecule has 0 saturated carbocycles. The van der Waals surface area contributed by atoms with Gasteiger partial charge in [0.2, 0.25) is 0 Å². The number of aromatic nitrogens is 2. The fourth-order valence-electron chi connectivity index (χ4n) is 1.80. The van der Waals surface area contributed by atoms with Crippen LogP contribution in [0.5, 0.6) is 0 Å². The summed E-state index contributed by atoms with van der Waals surface area (Å²) in [6.45, 7) is 1.76. The summed E-state index contributed by atoms with van der Waals surface area (Å²) < 4.78 is 0. The molecule has 0 atom stereocenters. The van der Waals surface area contributed by atoms with Crippen molar-refractivity contribution < 1.29 is 0 Å². The third-order valence-corrected chi connectivity index (χ3v) is 2.67. The van der Waals surface area contributed by atoms with Crippen molar-refractivity contribution >= 4 is 16.9 Å². The number of nitrogens with two attached hydrogens (primary N) is 1. The summed E-state index contributed by atoms with van der Waals surface area (Å²) in [5, 5.41) is 0. The average molecular weight is 200 g/mol. The summed E-state index contributed by atoms with van der Waals surface area (Å²) in [6.07, 6.45) is 1.81. The van der Waals surface area contributed by atoms with Gasteiger partial charge in [-0.25, -0.2) is 4.98 Å². The SMILES string of the molecule is NC1CN(c2cnc3ccccc3n2)C1. The summed E-state index contributed by atoms with van der Waals surface area (Å²) in [5.74, 6) is 0.926. The second-order valence-corrected chi connectivity index (χ2v) is 3.88. The Hall–Kier alpha value is -1.68. The molecule has 1 aliphatic heterocycles. The molecule has 15 heavy (non-hydrogen) atoms. The lowest BCUT2D eigenvalue weighted by Crippen LogP contribution is -2.56. The van der Waals surface area contributed by atoms with E-state index in [1.165, 1.54) is 0 Å². The van der Waals surface area contributed by atoms with E-state index in [0.29, 0.717) is 6.04 Å². The van der Waals surface area contributed by atoms with Gasteiger partial charge in [-0.05, 0) is 12.1 Å². The molecule has 76 valence electrons. The minimum atomic E-state index is 0.290. The van der Waals surface area contributed by atoms with Gasteiger partial charge in [0.15, 0.2) is 0 Å².